The molecule has 1 heterocycles. The van der Waals surface area contributed by atoms with Crippen molar-refractivity contribution in [3.8, 4) is 6.07 Å². The van der Waals surface area contributed by atoms with Crippen molar-refractivity contribution in [3.63, 3.8) is 0 Å². The molecule has 0 bridgehead atoms. The molecule has 1 aromatic carbocycles. The van der Waals surface area contributed by atoms with Gasteiger partial charge in [0, 0.05) is 26.4 Å². The van der Waals surface area contributed by atoms with Crippen LogP contribution < -0.4 is 4.90 Å². The van der Waals surface area contributed by atoms with Crippen LogP contribution in [-0.4, -0.2) is 32.4 Å². The number of benzene rings is 1. The van der Waals surface area contributed by atoms with Crippen LogP contribution in [0, 0.1) is 16.7 Å². The van der Waals surface area contributed by atoms with Gasteiger partial charge in [0.15, 0.2) is 0 Å². The summed E-state index contributed by atoms with van der Waals surface area (Å²) in [5.41, 5.74) is 1.04. The molecule has 19 heavy (non-hydrogen) atoms. The molecule has 1 N–H and O–H groups in total. The summed E-state index contributed by atoms with van der Waals surface area (Å²) in [6, 6.07) is 9.94. The number of ether oxygens (including phenoxy) is 1. The van der Waals surface area contributed by atoms with Crippen LogP contribution in [-0.2, 0) is 4.74 Å². The largest absolute Gasteiger partial charge is 0.387 e. The van der Waals surface area contributed by atoms with Gasteiger partial charge < -0.3 is 14.7 Å². The van der Waals surface area contributed by atoms with Crippen LogP contribution in [0.2, 0.25) is 0 Å². The lowest BCUT2D eigenvalue weighted by atomic mass is 9.76. The molecule has 1 aromatic rings. The van der Waals surface area contributed by atoms with Gasteiger partial charge in [0.2, 0.25) is 0 Å². The molecule has 0 amide bonds. The van der Waals surface area contributed by atoms with Gasteiger partial charge in [-0.2, -0.15) is 5.26 Å². The highest BCUT2D eigenvalue weighted by Crippen LogP contribution is 2.40. The van der Waals surface area contributed by atoms with E-state index >= 15 is 0 Å². The maximum Gasteiger partial charge on any atom is 0.111 e. The average molecular weight is 260 g/mol. The number of hydrogen-bond donors (Lipinski definition) is 1. The summed E-state index contributed by atoms with van der Waals surface area (Å²) in [5.74, 6) is 0. The van der Waals surface area contributed by atoms with E-state index in [2.05, 4.69) is 6.07 Å². The molecule has 0 aliphatic carbocycles. The molecule has 0 saturated carbocycles. The maximum absolute atomic E-state index is 10.5. The number of rotatable bonds is 3. The lowest BCUT2D eigenvalue weighted by Gasteiger charge is -2.35. The molecule has 2 atom stereocenters. The van der Waals surface area contributed by atoms with Crippen molar-refractivity contribution in [1.29, 1.82) is 5.26 Å². The van der Waals surface area contributed by atoms with E-state index in [1.807, 2.05) is 43.3 Å². The first-order valence-corrected chi connectivity index (χ1v) is 6.53. The fourth-order valence-electron chi connectivity index (χ4n) is 2.45. The van der Waals surface area contributed by atoms with E-state index in [0.717, 1.165) is 17.7 Å². The van der Waals surface area contributed by atoms with Crippen LogP contribution in [0.5, 0.6) is 0 Å². The maximum atomic E-state index is 10.5. The molecular weight excluding hydrogens is 240 g/mol. The molecule has 1 saturated heterocycles. The van der Waals surface area contributed by atoms with Gasteiger partial charge >= 0.3 is 0 Å². The van der Waals surface area contributed by atoms with Gasteiger partial charge in [0.05, 0.1) is 18.8 Å². The lowest BCUT2D eigenvalue weighted by molar-refractivity contribution is -0.0505. The monoisotopic (exact) mass is 260 g/mol. The molecule has 2 rings (SSSR count). The van der Waals surface area contributed by atoms with Crippen molar-refractivity contribution in [2.24, 2.45) is 5.41 Å². The minimum absolute atomic E-state index is 0.306. The highest BCUT2D eigenvalue weighted by Gasteiger charge is 2.41. The third-order valence-corrected chi connectivity index (χ3v) is 3.74. The van der Waals surface area contributed by atoms with Crippen LogP contribution in [0.4, 0.5) is 5.69 Å². The zero-order valence-corrected chi connectivity index (χ0v) is 11.5. The fraction of sp³-hybridized carbons (Fsp3) is 0.533. The predicted octanol–water partition coefficient (Wildman–Crippen LogP) is 2.11. The van der Waals surface area contributed by atoms with E-state index < -0.39 is 11.5 Å². The van der Waals surface area contributed by atoms with Crippen LogP contribution >= 0.6 is 0 Å². The van der Waals surface area contributed by atoms with Crippen molar-refractivity contribution < 1.29 is 9.84 Å². The van der Waals surface area contributed by atoms with E-state index in [1.54, 1.807) is 0 Å². The second kappa shape index (κ2) is 5.60. The molecule has 0 aromatic heterocycles. The van der Waals surface area contributed by atoms with E-state index in [4.69, 9.17) is 4.74 Å². The SMILES string of the molecule is CN(C)c1ccc(C(O)C2(C#N)CCCOC2)cc1. The Bertz CT molecular complexity index is 456. The summed E-state index contributed by atoms with van der Waals surface area (Å²) in [5, 5.41) is 19.9. The Balaban J connectivity index is 2.22. The Labute approximate surface area is 114 Å². The third kappa shape index (κ3) is 2.73. The zero-order valence-electron chi connectivity index (χ0n) is 11.5. The Hall–Kier alpha value is -1.57. The van der Waals surface area contributed by atoms with Crippen LogP contribution in [0.15, 0.2) is 24.3 Å². The van der Waals surface area contributed by atoms with Gasteiger partial charge in [-0.25, -0.2) is 0 Å². The molecule has 4 heteroatoms. The number of nitriles is 1. The first-order valence-electron chi connectivity index (χ1n) is 6.53. The van der Waals surface area contributed by atoms with Crippen molar-refractivity contribution in [1.82, 2.24) is 0 Å². The van der Waals surface area contributed by atoms with Crippen molar-refractivity contribution >= 4 is 5.69 Å². The van der Waals surface area contributed by atoms with Crippen LogP contribution in [0.25, 0.3) is 0 Å². The lowest BCUT2D eigenvalue weighted by Crippen LogP contribution is -2.36. The van der Waals surface area contributed by atoms with Crippen molar-refractivity contribution in [2.45, 2.75) is 18.9 Å². The van der Waals surface area contributed by atoms with E-state index in [-0.39, 0.29) is 0 Å². The van der Waals surface area contributed by atoms with E-state index in [1.165, 1.54) is 0 Å². The summed E-state index contributed by atoms with van der Waals surface area (Å²) in [6.07, 6.45) is 0.703. The van der Waals surface area contributed by atoms with Gasteiger partial charge in [-0.05, 0) is 30.5 Å². The van der Waals surface area contributed by atoms with E-state index in [9.17, 15) is 10.4 Å². The smallest absolute Gasteiger partial charge is 0.111 e. The highest BCUT2D eigenvalue weighted by atomic mass is 16.5. The minimum atomic E-state index is -0.808. The number of hydrogen-bond acceptors (Lipinski definition) is 4. The normalized spacial score (nSPS) is 24.5. The first kappa shape index (κ1) is 13.9. The number of aliphatic hydroxyl groups excluding tert-OH is 1. The molecule has 1 fully saturated rings. The van der Waals surface area contributed by atoms with Crippen molar-refractivity contribution in [2.75, 3.05) is 32.2 Å². The summed E-state index contributed by atoms with van der Waals surface area (Å²) >= 11 is 0. The second-order valence-corrected chi connectivity index (χ2v) is 5.31. The molecule has 2 unspecified atom stereocenters. The summed E-state index contributed by atoms with van der Waals surface area (Å²) in [7, 11) is 3.94. The molecule has 1 aliphatic heterocycles. The van der Waals surface area contributed by atoms with Gasteiger partial charge in [-0.15, -0.1) is 0 Å². The van der Waals surface area contributed by atoms with E-state index in [0.29, 0.717) is 19.6 Å². The average Bonchev–Trinajstić information content (AvgIpc) is 2.47. The Morgan fingerprint density at radius 3 is 2.53 bits per heavy atom. The predicted molar refractivity (Wildman–Crippen MR) is 73.8 cm³/mol. The molecular formula is C15H20N2O2. The Kier molecular flexibility index (Phi) is 4.08. The highest BCUT2D eigenvalue weighted by molar-refractivity contribution is 5.46. The van der Waals surface area contributed by atoms with Gasteiger partial charge in [-0.3, -0.25) is 0 Å². The number of nitrogens with zero attached hydrogens (tertiary/aromatic N) is 2. The van der Waals surface area contributed by atoms with Crippen LogP contribution in [0.1, 0.15) is 24.5 Å². The quantitative estimate of drug-likeness (QED) is 0.904. The van der Waals surface area contributed by atoms with Crippen molar-refractivity contribution in [3.05, 3.63) is 29.8 Å². The fourth-order valence-corrected chi connectivity index (χ4v) is 2.45. The summed E-state index contributed by atoms with van der Waals surface area (Å²) in [6.45, 7) is 0.982. The van der Waals surface area contributed by atoms with Gasteiger partial charge in [-0.1, -0.05) is 12.1 Å². The van der Waals surface area contributed by atoms with Gasteiger partial charge in [0.1, 0.15) is 5.41 Å². The standard InChI is InChI=1S/C15H20N2O2/c1-17(2)13-6-4-12(5-7-13)14(18)15(10-16)8-3-9-19-11-15/h4-7,14,18H,3,8-9,11H2,1-2H3. The Morgan fingerprint density at radius 1 is 1.37 bits per heavy atom. The number of aliphatic hydroxyl groups is 1. The molecule has 1 aliphatic rings. The second-order valence-electron chi connectivity index (χ2n) is 5.31. The Morgan fingerprint density at radius 2 is 2.05 bits per heavy atom. The van der Waals surface area contributed by atoms with Crippen LogP contribution in [0.3, 0.4) is 0 Å². The minimum Gasteiger partial charge on any atom is -0.387 e. The molecule has 0 radical (unpaired) electrons. The number of anilines is 1. The molecule has 102 valence electrons. The molecule has 4 nitrogen and oxygen atoms in total. The first-order chi connectivity index (χ1) is 9.09. The third-order valence-electron chi connectivity index (χ3n) is 3.74. The topological polar surface area (TPSA) is 56.5 Å². The summed E-state index contributed by atoms with van der Waals surface area (Å²) < 4.78 is 5.39. The zero-order chi connectivity index (χ0) is 13.9. The van der Waals surface area contributed by atoms with Gasteiger partial charge in [0.25, 0.3) is 0 Å². The molecule has 0 spiro atoms. The summed E-state index contributed by atoms with van der Waals surface area (Å²) in [4.78, 5) is 2.00.